The van der Waals surface area contributed by atoms with Crippen molar-refractivity contribution in [2.24, 2.45) is 0 Å². The molecule has 0 spiro atoms. The van der Waals surface area contributed by atoms with Crippen molar-refractivity contribution in [2.75, 3.05) is 7.11 Å². The van der Waals surface area contributed by atoms with E-state index in [9.17, 15) is 0 Å². The largest absolute Gasteiger partial charge is 0.497 e. The quantitative estimate of drug-likeness (QED) is 0.677. The zero-order valence-electron chi connectivity index (χ0n) is 11.2. The minimum Gasteiger partial charge on any atom is -0.497 e. The number of benzene rings is 2. The second-order valence-electron chi connectivity index (χ2n) is 4.44. The predicted octanol–water partition coefficient (Wildman–Crippen LogP) is 3.35. The average Bonchev–Trinajstić information content (AvgIpc) is 2.87. The number of rotatable bonds is 3. The summed E-state index contributed by atoms with van der Waals surface area (Å²) < 4.78 is 7.23. The molecule has 0 fully saturated rings. The Kier molecular flexibility index (Phi) is 3.14. The number of hydrogen-bond acceptors (Lipinski definition) is 2. The second-order valence-corrected chi connectivity index (χ2v) is 4.44. The lowest BCUT2D eigenvalue weighted by Crippen LogP contribution is -1.98. The lowest BCUT2D eigenvalue weighted by molar-refractivity contribution is 0.415. The fourth-order valence-corrected chi connectivity index (χ4v) is 2.29. The number of fused-ring (bicyclic) bond motifs is 1. The highest BCUT2D eigenvalue weighted by atomic mass is 16.5. The minimum absolute atomic E-state index is 0.502. The number of methoxy groups -OCH3 is 1. The first-order valence-corrected chi connectivity index (χ1v) is 6.36. The van der Waals surface area contributed by atoms with Gasteiger partial charge in [-0.15, -0.1) is 6.42 Å². The lowest BCUT2D eigenvalue weighted by Gasteiger charge is -2.06. The molecule has 0 aliphatic heterocycles. The Labute approximate surface area is 117 Å². The first-order chi connectivity index (χ1) is 9.83. The molecule has 1 heterocycles. The molecule has 3 aromatic rings. The highest BCUT2D eigenvalue weighted by molar-refractivity contribution is 5.80. The van der Waals surface area contributed by atoms with E-state index in [-0.39, 0.29) is 0 Å². The first kappa shape index (κ1) is 12.3. The third-order valence-corrected chi connectivity index (χ3v) is 3.25. The second kappa shape index (κ2) is 5.10. The van der Waals surface area contributed by atoms with Crippen LogP contribution in [0.2, 0.25) is 0 Å². The third kappa shape index (κ3) is 2.02. The van der Waals surface area contributed by atoms with E-state index in [2.05, 4.69) is 15.5 Å². The zero-order chi connectivity index (χ0) is 13.9. The van der Waals surface area contributed by atoms with Crippen LogP contribution in [0, 0.1) is 12.3 Å². The van der Waals surface area contributed by atoms with Crippen molar-refractivity contribution in [1.82, 2.24) is 9.55 Å². The summed E-state index contributed by atoms with van der Waals surface area (Å²) >= 11 is 0. The van der Waals surface area contributed by atoms with Gasteiger partial charge in [0.15, 0.2) is 0 Å². The topological polar surface area (TPSA) is 27.1 Å². The summed E-state index contributed by atoms with van der Waals surface area (Å²) in [6, 6.07) is 15.8. The molecule has 3 heteroatoms. The third-order valence-electron chi connectivity index (χ3n) is 3.25. The molecular formula is C17H14N2O. The number of imidazole rings is 1. The summed E-state index contributed by atoms with van der Waals surface area (Å²) in [5.41, 5.74) is 3.03. The van der Waals surface area contributed by atoms with Gasteiger partial charge in [-0.05, 0) is 36.4 Å². The standard InChI is InChI=1S/C17H14N2O/c1-3-12-19-16-7-5-4-6-15(16)18-17(19)13-8-10-14(20-2)11-9-13/h1,4-11H,12H2,2H3. The molecule has 0 bridgehead atoms. The molecule has 0 N–H and O–H groups in total. The van der Waals surface area contributed by atoms with E-state index < -0.39 is 0 Å². The summed E-state index contributed by atoms with van der Waals surface area (Å²) in [7, 11) is 1.66. The summed E-state index contributed by atoms with van der Waals surface area (Å²) in [5, 5.41) is 0. The Bertz CT molecular complexity index is 779. The van der Waals surface area contributed by atoms with Crippen LogP contribution in [0.3, 0.4) is 0 Å². The zero-order valence-corrected chi connectivity index (χ0v) is 11.2. The van der Waals surface area contributed by atoms with Crippen LogP contribution in [0.4, 0.5) is 0 Å². The van der Waals surface area contributed by atoms with Gasteiger partial charge in [-0.1, -0.05) is 18.1 Å². The highest BCUT2D eigenvalue weighted by Crippen LogP contribution is 2.26. The van der Waals surface area contributed by atoms with Crippen molar-refractivity contribution in [3.8, 4) is 29.5 Å². The van der Waals surface area contributed by atoms with Gasteiger partial charge in [0.1, 0.15) is 11.6 Å². The van der Waals surface area contributed by atoms with Gasteiger partial charge in [0.25, 0.3) is 0 Å². The van der Waals surface area contributed by atoms with Crippen molar-refractivity contribution in [1.29, 1.82) is 0 Å². The van der Waals surface area contributed by atoms with Gasteiger partial charge < -0.3 is 9.30 Å². The molecule has 0 unspecified atom stereocenters. The first-order valence-electron chi connectivity index (χ1n) is 6.36. The van der Waals surface area contributed by atoms with Crippen LogP contribution in [0.1, 0.15) is 0 Å². The van der Waals surface area contributed by atoms with Crippen molar-refractivity contribution in [2.45, 2.75) is 6.54 Å². The fourth-order valence-electron chi connectivity index (χ4n) is 2.29. The summed E-state index contributed by atoms with van der Waals surface area (Å²) in [6.07, 6.45) is 5.48. The molecule has 0 aliphatic carbocycles. The van der Waals surface area contributed by atoms with Gasteiger partial charge in [-0.3, -0.25) is 0 Å². The maximum atomic E-state index is 5.48. The predicted molar refractivity (Wildman–Crippen MR) is 80.6 cm³/mol. The number of aromatic nitrogens is 2. The molecule has 1 aromatic heterocycles. The maximum absolute atomic E-state index is 5.48. The van der Waals surface area contributed by atoms with Crippen molar-refractivity contribution in [3.63, 3.8) is 0 Å². The molecule has 0 aliphatic rings. The van der Waals surface area contributed by atoms with Crippen molar-refractivity contribution >= 4 is 11.0 Å². The van der Waals surface area contributed by atoms with Gasteiger partial charge in [0, 0.05) is 5.56 Å². The molecule has 3 nitrogen and oxygen atoms in total. The average molecular weight is 262 g/mol. The van der Waals surface area contributed by atoms with Crippen LogP contribution in [0.5, 0.6) is 5.75 Å². The van der Waals surface area contributed by atoms with Gasteiger partial charge >= 0.3 is 0 Å². The number of nitrogens with zero attached hydrogens (tertiary/aromatic N) is 2. The van der Waals surface area contributed by atoms with E-state index in [0.717, 1.165) is 28.2 Å². The molecule has 0 saturated carbocycles. The lowest BCUT2D eigenvalue weighted by atomic mass is 10.2. The Morgan fingerprint density at radius 3 is 2.60 bits per heavy atom. The monoisotopic (exact) mass is 262 g/mol. The van der Waals surface area contributed by atoms with Crippen LogP contribution in [-0.4, -0.2) is 16.7 Å². The maximum Gasteiger partial charge on any atom is 0.141 e. The molecule has 98 valence electrons. The van der Waals surface area contributed by atoms with Gasteiger partial charge in [-0.2, -0.15) is 0 Å². The molecule has 0 atom stereocenters. The van der Waals surface area contributed by atoms with E-state index in [0.29, 0.717) is 6.54 Å². The Morgan fingerprint density at radius 1 is 1.15 bits per heavy atom. The summed E-state index contributed by atoms with van der Waals surface area (Å²) in [5.74, 6) is 4.40. The Hall–Kier alpha value is -2.73. The normalized spacial score (nSPS) is 10.4. The Morgan fingerprint density at radius 2 is 1.90 bits per heavy atom. The summed E-state index contributed by atoms with van der Waals surface area (Å²) in [4.78, 5) is 4.68. The Balaban J connectivity index is 2.18. The van der Waals surface area contributed by atoms with Crippen LogP contribution >= 0.6 is 0 Å². The van der Waals surface area contributed by atoms with Gasteiger partial charge in [0.05, 0.1) is 24.7 Å². The highest BCUT2D eigenvalue weighted by Gasteiger charge is 2.11. The minimum atomic E-state index is 0.502. The van der Waals surface area contributed by atoms with Crippen LogP contribution in [0.25, 0.3) is 22.4 Å². The number of hydrogen-bond donors (Lipinski definition) is 0. The van der Waals surface area contributed by atoms with E-state index in [4.69, 9.17) is 11.2 Å². The number of ether oxygens (including phenoxy) is 1. The van der Waals surface area contributed by atoms with Crippen molar-refractivity contribution in [3.05, 3.63) is 48.5 Å². The van der Waals surface area contributed by atoms with Gasteiger partial charge in [-0.25, -0.2) is 4.98 Å². The molecule has 20 heavy (non-hydrogen) atoms. The fraction of sp³-hybridized carbons (Fsp3) is 0.118. The van der Waals surface area contributed by atoms with E-state index >= 15 is 0 Å². The smallest absolute Gasteiger partial charge is 0.141 e. The van der Waals surface area contributed by atoms with Crippen LogP contribution in [-0.2, 0) is 6.54 Å². The molecule has 0 radical (unpaired) electrons. The van der Waals surface area contributed by atoms with E-state index in [1.54, 1.807) is 7.11 Å². The van der Waals surface area contributed by atoms with Crippen LogP contribution < -0.4 is 4.74 Å². The molecule has 0 amide bonds. The molecule has 3 rings (SSSR count). The van der Waals surface area contributed by atoms with Gasteiger partial charge in [0.2, 0.25) is 0 Å². The summed E-state index contributed by atoms with van der Waals surface area (Å²) in [6.45, 7) is 0.502. The van der Waals surface area contributed by atoms with Crippen LogP contribution in [0.15, 0.2) is 48.5 Å². The molecule has 2 aromatic carbocycles. The number of para-hydroxylation sites is 2. The molecular weight excluding hydrogens is 248 g/mol. The number of terminal acetylenes is 1. The van der Waals surface area contributed by atoms with E-state index in [1.807, 2.05) is 48.5 Å². The van der Waals surface area contributed by atoms with Crippen molar-refractivity contribution < 1.29 is 4.74 Å². The van der Waals surface area contributed by atoms with E-state index in [1.165, 1.54) is 0 Å². The molecule has 0 saturated heterocycles. The SMILES string of the molecule is C#CCn1c(-c2ccc(OC)cc2)nc2ccccc21.